The fraction of sp³-hybridized carbons (Fsp3) is 0.273. The molecule has 0 aliphatic heterocycles. The Hall–Kier alpha value is -2.72. The van der Waals surface area contributed by atoms with E-state index in [1.54, 1.807) is 12.1 Å². The van der Waals surface area contributed by atoms with E-state index in [0.717, 1.165) is 17.8 Å². The van der Waals surface area contributed by atoms with Crippen LogP contribution in [0.4, 0.5) is 0 Å². The van der Waals surface area contributed by atoms with Crippen molar-refractivity contribution in [3.63, 3.8) is 0 Å². The maximum absolute atomic E-state index is 12.3. The van der Waals surface area contributed by atoms with Gasteiger partial charge in [-0.05, 0) is 44.8 Å². The lowest BCUT2D eigenvalue weighted by molar-refractivity contribution is 0.0954. The lowest BCUT2D eigenvalue weighted by Crippen LogP contribution is -2.27. The van der Waals surface area contributed by atoms with E-state index < -0.39 is 0 Å². The number of nitrogens with one attached hydrogen (secondary N) is 1. The lowest BCUT2D eigenvalue weighted by Gasteiger charge is -2.17. The monoisotopic (exact) mass is 349 g/mol. The van der Waals surface area contributed by atoms with Crippen LogP contribution < -0.4 is 5.43 Å². The molecule has 26 heavy (non-hydrogen) atoms. The van der Waals surface area contributed by atoms with Gasteiger partial charge < -0.3 is 4.90 Å². The van der Waals surface area contributed by atoms with Crippen molar-refractivity contribution in [2.75, 3.05) is 20.6 Å². The van der Waals surface area contributed by atoms with E-state index in [0.29, 0.717) is 5.56 Å². The molecule has 0 bridgehead atoms. The summed E-state index contributed by atoms with van der Waals surface area (Å²) >= 11 is 0. The Morgan fingerprint density at radius 2 is 1.77 bits per heavy atom. The number of amides is 1. The molecule has 1 amide bonds. The number of nitrogens with zero attached hydrogens (tertiary/aromatic N) is 2. The number of benzene rings is 2. The van der Waals surface area contributed by atoms with Crippen LogP contribution in [0.3, 0.4) is 0 Å². The quantitative estimate of drug-likeness (QED) is 0.607. The Morgan fingerprint density at radius 1 is 1.12 bits per heavy atom. The molecule has 0 spiro atoms. The van der Waals surface area contributed by atoms with Crippen molar-refractivity contribution in [1.29, 1.82) is 0 Å². The van der Waals surface area contributed by atoms with Gasteiger partial charge in [-0.1, -0.05) is 61.0 Å². The smallest absolute Gasteiger partial charge is 0.271 e. The maximum atomic E-state index is 12.3. The molecule has 2 aromatic rings. The van der Waals surface area contributed by atoms with Gasteiger partial charge in [0.05, 0.1) is 5.71 Å². The average molecular weight is 349 g/mol. The number of carbonyl (C=O) groups excluding carboxylic acids is 1. The van der Waals surface area contributed by atoms with Gasteiger partial charge in [-0.3, -0.25) is 4.79 Å². The molecule has 0 aromatic heterocycles. The van der Waals surface area contributed by atoms with Crippen LogP contribution in [0.5, 0.6) is 0 Å². The zero-order chi connectivity index (χ0) is 18.9. The second kappa shape index (κ2) is 9.68. The van der Waals surface area contributed by atoms with Crippen molar-refractivity contribution >= 4 is 17.7 Å². The Bertz CT molecular complexity index is 762. The number of hydrazone groups is 1. The third-order valence-electron chi connectivity index (χ3n) is 3.99. The predicted molar refractivity (Wildman–Crippen MR) is 109 cm³/mol. The molecule has 0 unspecified atom stereocenters. The van der Waals surface area contributed by atoms with E-state index in [4.69, 9.17) is 0 Å². The van der Waals surface area contributed by atoms with Crippen molar-refractivity contribution in [2.45, 2.75) is 13.8 Å². The Balaban J connectivity index is 2.16. The first-order chi connectivity index (χ1) is 12.5. The molecule has 4 nitrogen and oxygen atoms in total. The van der Waals surface area contributed by atoms with E-state index in [1.165, 1.54) is 5.56 Å². The van der Waals surface area contributed by atoms with Crippen LogP contribution in [0.1, 0.15) is 28.4 Å². The molecule has 0 saturated heterocycles. The molecule has 0 aliphatic rings. The van der Waals surface area contributed by atoms with Crippen molar-refractivity contribution in [3.05, 3.63) is 77.4 Å². The molecule has 0 heterocycles. The van der Waals surface area contributed by atoms with Gasteiger partial charge in [0.15, 0.2) is 0 Å². The van der Waals surface area contributed by atoms with Gasteiger partial charge in [0.1, 0.15) is 0 Å². The van der Waals surface area contributed by atoms with E-state index in [9.17, 15) is 4.79 Å². The first-order valence-corrected chi connectivity index (χ1v) is 8.78. The van der Waals surface area contributed by atoms with Crippen molar-refractivity contribution in [2.24, 2.45) is 11.0 Å². The number of carbonyl (C=O) groups is 1. The SMILES string of the molecule is Cc1ccc(/C=C/C(=N/NC(=O)c2ccccc2)[C@@H](C)CN(C)C)cc1. The molecule has 0 saturated carbocycles. The maximum Gasteiger partial charge on any atom is 0.271 e. The van der Waals surface area contributed by atoms with Crippen LogP contribution in [0.2, 0.25) is 0 Å². The minimum Gasteiger partial charge on any atom is -0.309 e. The highest BCUT2D eigenvalue weighted by molar-refractivity contribution is 6.01. The summed E-state index contributed by atoms with van der Waals surface area (Å²) in [6.07, 6.45) is 4.00. The van der Waals surface area contributed by atoms with Crippen LogP contribution >= 0.6 is 0 Å². The minimum absolute atomic E-state index is 0.183. The molecule has 1 atom stereocenters. The zero-order valence-electron chi connectivity index (χ0n) is 15.9. The van der Waals surface area contributed by atoms with Gasteiger partial charge in [-0.25, -0.2) is 5.43 Å². The predicted octanol–water partition coefficient (Wildman–Crippen LogP) is 3.99. The molecule has 4 heteroatoms. The molecular weight excluding hydrogens is 322 g/mol. The minimum atomic E-state index is -0.205. The van der Waals surface area contributed by atoms with E-state index >= 15 is 0 Å². The first-order valence-electron chi connectivity index (χ1n) is 8.78. The topological polar surface area (TPSA) is 44.7 Å². The molecule has 0 fully saturated rings. The van der Waals surface area contributed by atoms with E-state index in [-0.39, 0.29) is 11.8 Å². The average Bonchev–Trinajstić information content (AvgIpc) is 2.63. The third-order valence-corrected chi connectivity index (χ3v) is 3.99. The highest BCUT2D eigenvalue weighted by Crippen LogP contribution is 2.08. The molecule has 1 N–H and O–H groups in total. The highest BCUT2D eigenvalue weighted by atomic mass is 16.2. The third kappa shape index (κ3) is 6.30. The fourth-order valence-electron chi connectivity index (χ4n) is 2.58. The Morgan fingerprint density at radius 3 is 2.38 bits per heavy atom. The van der Waals surface area contributed by atoms with Crippen LogP contribution in [0, 0.1) is 12.8 Å². The Labute approximate surface area is 156 Å². The first kappa shape index (κ1) is 19.6. The summed E-state index contributed by atoms with van der Waals surface area (Å²) in [6.45, 7) is 5.02. The van der Waals surface area contributed by atoms with Gasteiger partial charge >= 0.3 is 0 Å². The van der Waals surface area contributed by atoms with Crippen molar-refractivity contribution in [3.8, 4) is 0 Å². The van der Waals surface area contributed by atoms with E-state index in [2.05, 4.69) is 53.5 Å². The van der Waals surface area contributed by atoms with Crippen LogP contribution in [-0.2, 0) is 0 Å². The summed E-state index contributed by atoms with van der Waals surface area (Å²) in [7, 11) is 4.06. The lowest BCUT2D eigenvalue weighted by atomic mass is 10.0. The van der Waals surface area contributed by atoms with Gasteiger partial charge in [-0.2, -0.15) is 5.10 Å². The van der Waals surface area contributed by atoms with Gasteiger partial charge in [0.25, 0.3) is 5.91 Å². The molecule has 2 aromatic carbocycles. The number of hydrogen-bond donors (Lipinski definition) is 1. The van der Waals surface area contributed by atoms with Crippen LogP contribution in [0.15, 0.2) is 65.8 Å². The summed E-state index contributed by atoms with van der Waals surface area (Å²) in [5, 5.41) is 4.39. The second-order valence-corrected chi connectivity index (χ2v) is 6.75. The van der Waals surface area contributed by atoms with Gasteiger partial charge in [0.2, 0.25) is 0 Å². The van der Waals surface area contributed by atoms with Gasteiger partial charge in [0, 0.05) is 18.0 Å². The van der Waals surface area contributed by atoms with Crippen LogP contribution in [-0.4, -0.2) is 37.2 Å². The standard InChI is InChI=1S/C22H27N3O/c1-17-10-12-19(13-11-17)14-15-21(18(2)16-25(3)4)23-24-22(26)20-8-6-5-7-9-20/h5-15,18H,16H2,1-4H3,(H,24,26)/b15-14+,23-21-/t18-/m0/s1. The number of aryl methyl sites for hydroxylation is 1. The molecular formula is C22H27N3O. The number of allylic oxidation sites excluding steroid dienone is 1. The summed E-state index contributed by atoms with van der Waals surface area (Å²) in [6, 6.07) is 17.4. The van der Waals surface area contributed by atoms with Crippen LogP contribution in [0.25, 0.3) is 6.08 Å². The molecule has 136 valence electrons. The largest absolute Gasteiger partial charge is 0.309 e. The molecule has 2 rings (SSSR count). The zero-order valence-corrected chi connectivity index (χ0v) is 15.9. The fourth-order valence-corrected chi connectivity index (χ4v) is 2.58. The summed E-state index contributed by atoms with van der Waals surface area (Å²) in [5.41, 5.74) is 6.45. The number of rotatable bonds is 7. The summed E-state index contributed by atoms with van der Waals surface area (Å²) < 4.78 is 0. The van der Waals surface area contributed by atoms with Gasteiger partial charge in [-0.15, -0.1) is 0 Å². The second-order valence-electron chi connectivity index (χ2n) is 6.75. The molecule has 0 aliphatic carbocycles. The normalized spacial score (nSPS) is 13.2. The summed E-state index contributed by atoms with van der Waals surface area (Å²) in [4.78, 5) is 14.4. The Kier molecular flexibility index (Phi) is 7.30. The van der Waals surface area contributed by atoms with Crippen molar-refractivity contribution < 1.29 is 4.79 Å². The highest BCUT2D eigenvalue weighted by Gasteiger charge is 2.11. The van der Waals surface area contributed by atoms with Crippen molar-refractivity contribution in [1.82, 2.24) is 10.3 Å². The molecule has 0 radical (unpaired) electrons. The number of hydrogen-bond acceptors (Lipinski definition) is 3. The van der Waals surface area contributed by atoms with E-state index in [1.807, 2.05) is 44.4 Å². The summed E-state index contributed by atoms with van der Waals surface area (Å²) in [5.74, 6) is -0.0216.